The lowest BCUT2D eigenvalue weighted by Crippen LogP contribution is -2.47. The van der Waals surface area contributed by atoms with Gasteiger partial charge in [0.15, 0.2) is 0 Å². The summed E-state index contributed by atoms with van der Waals surface area (Å²) in [5.41, 5.74) is -0.814. The SMILES string of the molecule is CC(C)(C)OC(=O)NC1(c2[nH]ncc2C(=O)O)CCCC1. The molecule has 1 saturated carbocycles. The number of nitrogens with zero attached hydrogens (tertiary/aromatic N) is 1. The molecule has 1 aromatic rings. The van der Waals surface area contributed by atoms with Gasteiger partial charge >= 0.3 is 12.1 Å². The second-order valence-electron chi connectivity index (χ2n) is 6.38. The molecular weight excluding hydrogens is 274 g/mol. The molecule has 2 rings (SSSR count). The van der Waals surface area contributed by atoms with Gasteiger partial charge in [0, 0.05) is 0 Å². The van der Waals surface area contributed by atoms with Crippen molar-refractivity contribution in [2.75, 3.05) is 0 Å². The number of aromatic nitrogens is 2. The number of carboxylic acid groups (broad SMARTS) is 1. The standard InChI is InChI=1S/C14H21N3O4/c1-13(2,3)21-12(20)16-14(6-4-5-7-14)10-9(11(18)19)8-15-17-10/h8H,4-7H2,1-3H3,(H,15,17)(H,16,20)(H,18,19). The lowest BCUT2D eigenvalue weighted by molar-refractivity contribution is 0.0446. The number of nitrogens with one attached hydrogen (secondary N) is 2. The molecule has 0 aliphatic heterocycles. The van der Waals surface area contributed by atoms with Crippen molar-refractivity contribution in [3.8, 4) is 0 Å². The molecule has 3 N–H and O–H groups in total. The quantitative estimate of drug-likeness (QED) is 0.794. The van der Waals surface area contributed by atoms with Crippen LogP contribution in [0, 0.1) is 0 Å². The van der Waals surface area contributed by atoms with Crippen molar-refractivity contribution in [3.05, 3.63) is 17.5 Å². The maximum atomic E-state index is 12.1. The first-order chi connectivity index (χ1) is 9.73. The fourth-order valence-corrected chi connectivity index (χ4v) is 2.73. The van der Waals surface area contributed by atoms with E-state index in [0.29, 0.717) is 18.5 Å². The number of hydrogen-bond donors (Lipinski definition) is 3. The Morgan fingerprint density at radius 3 is 2.52 bits per heavy atom. The van der Waals surface area contributed by atoms with E-state index >= 15 is 0 Å². The molecule has 0 radical (unpaired) electrons. The normalized spacial score (nSPS) is 17.5. The van der Waals surface area contributed by atoms with Gasteiger partial charge in [-0.15, -0.1) is 0 Å². The van der Waals surface area contributed by atoms with Gasteiger partial charge in [0.1, 0.15) is 11.2 Å². The molecule has 1 aromatic heterocycles. The van der Waals surface area contributed by atoms with E-state index in [-0.39, 0.29) is 5.56 Å². The van der Waals surface area contributed by atoms with Gasteiger partial charge in [-0.3, -0.25) is 5.10 Å². The van der Waals surface area contributed by atoms with Crippen molar-refractivity contribution >= 4 is 12.1 Å². The van der Waals surface area contributed by atoms with Crippen LogP contribution >= 0.6 is 0 Å². The topological polar surface area (TPSA) is 104 Å². The van der Waals surface area contributed by atoms with E-state index in [4.69, 9.17) is 4.74 Å². The van der Waals surface area contributed by atoms with Crippen molar-refractivity contribution in [1.82, 2.24) is 15.5 Å². The fraction of sp³-hybridized carbons (Fsp3) is 0.643. The summed E-state index contributed by atoms with van der Waals surface area (Å²) in [5.74, 6) is -1.06. The van der Waals surface area contributed by atoms with Gasteiger partial charge in [-0.1, -0.05) is 12.8 Å². The monoisotopic (exact) mass is 295 g/mol. The molecule has 0 aromatic carbocycles. The van der Waals surface area contributed by atoms with E-state index in [0.717, 1.165) is 12.8 Å². The number of amides is 1. The molecule has 1 fully saturated rings. The average molecular weight is 295 g/mol. The third-order valence-electron chi connectivity index (χ3n) is 3.55. The second kappa shape index (κ2) is 5.38. The molecule has 1 heterocycles. The minimum atomic E-state index is -1.06. The van der Waals surface area contributed by atoms with Crippen LogP contribution < -0.4 is 5.32 Å². The van der Waals surface area contributed by atoms with Gasteiger partial charge in [-0.05, 0) is 33.6 Å². The third-order valence-corrected chi connectivity index (χ3v) is 3.55. The Hall–Kier alpha value is -2.05. The Bertz CT molecular complexity index is 539. The maximum absolute atomic E-state index is 12.1. The summed E-state index contributed by atoms with van der Waals surface area (Å²) in [4.78, 5) is 23.4. The highest BCUT2D eigenvalue weighted by Gasteiger charge is 2.42. The number of aromatic amines is 1. The number of carbonyl (C=O) groups excluding carboxylic acids is 1. The summed E-state index contributed by atoms with van der Waals surface area (Å²) in [6.45, 7) is 5.35. The Balaban J connectivity index is 2.27. The number of aromatic carboxylic acids is 1. The Morgan fingerprint density at radius 1 is 1.38 bits per heavy atom. The van der Waals surface area contributed by atoms with Crippen LogP contribution in [0.4, 0.5) is 4.79 Å². The van der Waals surface area contributed by atoms with Gasteiger partial charge in [-0.25, -0.2) is 9.59 Å². The molecule has 0 saturated heterocycles. The Kier molecular flexibility index (Phi) is 3.93. The van der Waals surface area contributed by atoms with Gasteiger partial charge in [-0.2, -0.15) is 5.10 Å². The number of hydrogen-bond acceptors (Lipinski definition) is 4. The first kappa shape index (κ1) is 15.3. The van der Waals surface area contributed by atoms with E-state index in [1.54, 1.807) is 20.8 Å². The number of carboxylic acids is 1. The lowest BCUT2D eigenvalue weighted by atomic mass is 9.90. The van der Waals surface area contributed by atoms with Gasteiger partial charge in [0.25, 0.3) is 0 Å². The summed E-state index contributed by atoms with van der Waals surface area (Å²) in [6, 6.07) is 0. The zero-order valence-corrected chi connectivity index (χ0v) is 12.5. The number of carbonyl (C=O) groups is 2. The maximum Gasteiger partial charge on any atom is 0.408 e. The molecule has 0 unspecified atom stereocenters. The number of alkyl carbamates (subject to hydrolysis) is 1. The molecular formula is C14H21N3O4. The van der Waals surface area contributed by atoms with Gasteiger partial charge in [0.2, 0.25) is 0 Å². The van der Waals surface area contributed by atoms with Crippen LogP contribution in [0.5, 0.6) is 0 Å². The van der Waals surface area contributed by atoms with E-state index in [1.165, 1.54) is 6.20 Å². The Labute approximate surface area is 123 Å². The summed E-state index contributed by atoms with van der Waals surface area (Å²) >= 11 is 0. The molecule has 1 aliphatic carbocycles. The highest BCUT2D eigenvalue weighted by atomic mass is 16.6. The number of ether oxygens (including phenoxy) is 1. The molecule has 1 amide bonds. The highest BCUT2D eigenvalue weighted by Crippen LogP contribution is 2.39. The van der Waals surface area contributed by atoms with Gasteiger partial charge in [0.05, 0.1) is 17.4 Å². The fourth-order valence-electron chi connectivity index (χ4n) is 2.73. The zero-order valence-electron chi connectivity index (χ0n) is 12.5. The molecule has 1 aliphatic rings. The Morgan fingerprint density at radius 2 is 2.00 bits per heavy atom. The highest BCUT2D eigenvalue weighted by molar-refractivity contribution is 5.89. The lowest BCUT2D eigenvalue weighted by Gasteiger charge is -2.31. The molecule has 21 heavy (non-hydrogen) atoms. The first-order valence-electron chi connectivity index (χ1n) is 7.02. The summed E-state index contributed by atoms with van der Waals surface area (Å²) in [5, 5.41) is 18.7. The molecule has 7 nitrogen and oxygen atoms in total. The predicted molar refractivity (Wildman–Crippen MR) is 75.1 cm³/mol. The molecule has 7 heteroatoms. The number of H-pyrrole nitrogens is 1. The zero-order chi connectivity index (χ0) is 15.7. The van der Waals surface area contributed by atoms with Crippen molar-refractivity contribution in [1.29, 1.82) is 0 Å². The predicted octanol–water partition coefficient (Wildman–Crippen LogP) is 2.40. The first-order valence-corrected chi connectivity index (χ1v) is 7.02. The van der Waals surface area contributed by atoms with Crippen molar-refractivity contribution in [3.63, 3.8) is 0 Å². The molecule has 0 spiro atoms. The second-order valence-corrected chi connectivity index (χ2v) is 6.38. The van der Waals surface area contributed by atoms with Crippen LogP contribution in [0.3, 0.4) is 0 Å². The van der Waals surface area contributed by atoms with E-state index in [1.807, 2.05) is 0 Å². The summed E-state index contributed by atoms with van der Waals surface area (Å²) in [6.07, 6.45) is 3.87. The molecule has 0 bridgehead atoms. The van der Waals surface area contributed by atoms with Gasteiger partial charge < -0.3 is 15.2 Å². The van der Waals surface area contributed by atoms with Crippen molar-refractivity contribution in [2.45, 2.75) is 57.6 Å². The molecule has 116 valence electrons. The minimum absolute atomic E-state index is 0.0907. The van der Waals surface area contributed by atoms with Crippen LogP contribution in [0.2, 0.25) is 0 Å². The smallest absolute Gasteiger partial charge is 0.408 e. The summed E-state index contributed by atoms with van der Waals surface area (Å²) in [7, 11) is 0. The van der Waals surface area contributed by atoms with Crippen molar-refractivity contribution < 1.29 is 19.4 Å². The largest absolute Gasteiger partial charge is 0.478 e. The van der Waals surface area contributed by atoms with Crippen LogP contribution in [0.25, 0.3) is 0 Å². The molecule has 0 atom stereocenters. The van der Waals surface area contributed by atoms with Crippen LogP contribution in [0.1, 0.15) is 62.5 Å². The van der Waals surface area contributed by atoms with E-state index < -0.39 is 23.2 Å². The van der Waals surface area contributed by atoms with E-state index in [2.05, 4.69) is 15.5 Å². The average Bonchev–Trinajstić information content (AvgIpc) is 2.93. The van der Waals surface area contributed by atoms with Crippen molar-refractivity contribution in [2.24, 2.45) is 0 Å². The van der Waals surface area contributed by atoms with Crippen LogP contribution in [-0.2, 0) is 10.3 Å². The van der Waals surface area contributed by atoms with Crippen LogP contribution in [-0.4, -0.2) is 33.0 Å². The minimum Gasteiger partial charge on any atom is -0.478 e. The van der Waals surface area contributed by atoms with E-state index in [9.17, 15) is 14.7 Å². The number of rotatable bonds is 3. The van der Waals surface area contributed by atoms with Crippen LogP contribution in [0.15, 0.2) is 6.20 Å². The summed E-state index contributed by atoms with van der Waals surface area (Å²) < 4.78 is 5.29. The third kappa shape index (κ3) is 3.34.